The number of benzene rings is 1. The van der Waals surface area contributed by atoms with E-state index >= 15 is 0 Å². The van der Waals surface area contributed by atoms with Crippen molar-refractivity contribution in [2.24, 2.45) is 5.92 Å². The van der Waals surface area contributed by atoms with Crippen molar-refractivity contribution < 1.29 is 23.9 Å². The van der Waals surface area contributed by atoms with Gasteiger partial charge in [0, 0.05) is 32.7 Å². The molecule has 0 bridgehead atoms. The number of nitrogens with zero attached hydrogens (tertiary/aromatic N) is 3. The van der Waals surface area contributed by atoms with E-state index in [0.717, 1.165) is 25.9 Å². The maximum Gasteiger partial charge on any atom is 0.323 e. The molecule has 1 aromatic rings. The molecule has 0 radical (unpaired) electrons. The first-order chi connectivity index (χ1) is 13.4. The summed E-state index contributed by atoms with van der Waals surface area (Å²) in [5.41, 5.74) is 0.664. The van der Waals surface area contributed by atoms with Crippen LogP contribution in [0, 0.1) is 11.7 Å². The molecule has 2 heterocycles. The predicted molar refractivity (Wildman–Crippen MR) is 100.0 cm³/mol. The number of carbonyl (C=O) groups is 3. The lowest BCUT2D eigenvalue weighted by atomic mass is 9.96. The zero-order valence-electron chi connectivity index (χ0n) is 15.8. The van der Waals surface area contributed by atoms with Crippen LogP contribution in [0.15, 0.2) is 24.3 Å². The van der Waals surface area contributed by atoms with E-state index in [4.69, 9.17) is 0 Å². The number of hydrogen-bond donors (Lipinski definition) is 1. The normalized spacial score (nSPS) is 19.5. The second-order valence-electron chi connectivity index (χ2n) is 7.48. The van der Waals surface area contributed by atoms with Crippen LogP contribution in [0.1, 0.15) is 31.2 Å². The van der Waals surface area contributed by atoms with Crippen LogP contribution in [-0.2, 0) is 16.1 Å². The van der Waals surface area contributed by atoms with Crippen molar-refractivity contribution in [2.45, 2.75) is 32.2 Å². The van der Waals surface area contributed by atoms with Crippen LogP contribution in [0.4, 0.5) is 9.18 Å². The van der Waals surface area contributed by atoms with Crippen molar-refractivity contribution in [2.75, 3.05) is 32.7 Å². The van der Waals surface area contributed by atoms with Gasteiger partial charge in [0.05, 0.1) is 5.92 Å². The van der Waals surface area contributed by atoms with Gasteiger partial charge in [0.15, 0.2) is 0 Å². The molecule has 1 atom stereocenters. The van der Waals surface area contributed by atoms with Gasteiger partial charge in [-0.05, 0) is 43.4 Å². The van der Waals surface area contributed by atoms with Crippen LogP contribution in [0.25, 0.3) is 0 Å². The molecule has 3 rings (SSSR count). The van der Waals surface area contributed by atoms with Crippen molar-refractivity contribution >= 4 is 17.9 Å². The summed E-state index contributed by atoms with van der Waals surface area (Å²) in [5.74, 6) is -2.18. The first-order valence-corrected chi connectivity index (χ1v) is 9.73. The number of likely N-dealkylation sites (tertiary alicyclic amines) is 2. The highest BCUT2D eigenvalue weighted by Gasteiger charge is 2.34. The molecule has 152 valence electrons. The van der Waals surface area contributed by atoms with Crippen LogP contribution >= 0.6 is 0 Å². The second kappa shape index (κ2) is 9.03. The summed E-state index contributed by atoms with van der Waals surface area (Å²) in [6, 6.07) is 5.63. The third-order valence-electron chi connectivity index (χ3n) is 5.34. The Balaban J connectivity index is 1.67. The maximum absolute atomic E-state index is 13.1. The highest BCUT2D eigenvalue weighted by Crippen LogP contribution is 2.22. The largest absolute Gasteiger partial charge is 0.480 e. The van der Waals surface area contributed by atoms with E-state index < -0.39 is 18.4 Å². The van der Waals surface area contributed by atoms with Gasteiger partial charge in [-0.3, -0.25) is 9.59 Å². The van der Waals surface area contributed by atoms with Gasteiger partial charge in [0.2, 0.25) is 5.91 Å². The maximum atomic E-state index is 13.1. The zero-order chi connectivity index (χ0) is 20.1. The zero-order valence-corrected chi connectivity index (χ0v) is 15.8. The van der Waals surface area contributed by atoms with Crippen molar-refractivity contribution in [1.82, 2.24) is 14.7 Å². The quantitative estimate of drug-likeness (QED) is 0.834. The molecule has 0 aliphatic carbocycles. The molecule has 8 heteroatoms. The number of carbonyl (C=O) groups excluding carboxylic acids is 2. The van der Waals surface area contributed by atoms with Crippen LogP contribution in [0.5, 0.6) is 0 Å². The number of piperidine rings is 1. The van der Waals surface area contributed by atoms with Gasteiger partial charge in [-0.1, -0.05) is 12.1 Å². The lowest BCUT2D eigenvalue weighted by Gasteiger charge is -2.36. The molecule has 3 amide bonds. The minimum absolute atomic E-state index is 0.0293. The Bertz CT molecular complexity index is 719. The lowest BCUT2D eigenvalue weighted by Crippen LogP contribution is -2.50. The smallest absolute Gasteiger partial charge is 0.323 e. The van der Waals surface area contributed by atoms with E-state index in [2.05, 4.69) is 0 Å². The van der Waals surface area contributed by atoms with Gasteiger partial charge in [0.25, 0.3) is 0 Å². The Kier molecular flexibility index (Phi) is 6.49. The molecule has 1 unspecified atom stereocenters. The van der Waals surface area contributed by atoms with Gasteiger partial charge in [-0.25, -0.2) is 9.18 Å². The fraction of sp³-hybridized carbons (Fsp3) is 0.550. The molecule has 2 fully saturated rings. The van der Waals surface area contributed by atoms with E-state index in [1.54, 1.807) is 17.0 Å². The third kappa shape index (κ3) is 4.99. The standard InChI is InChI=1S/C20H26FN3O4/c21-17-7-5-15(6-8-17)12-24(14-18(25)26)19(27)16-4-3-11-23(13-16)20(28)22-9-1-2-10-22/h5-8,16H,1-4,9-14H2,(H,25,26). The Hall–Kier alpha value is -2.64. The van der Waals surface area contributed by atoms with Crippen LogP contribution < -0.4 is 0 Å². The summed E-state index contributed by atoms with van der Waals surface area (Å²) in [7, 11) is 0. The number of halogens is 1. The second-order valence-corrected chi connectivity index (χ2v) is 7.48. The Morgan fingerprint density at radius 3 is 2.32 bits per heavy atom. The number of hydrogen-bond acceptors (Lipinski definition) is 3. The molecule has 2 aliphatic rings. The monoisotopic (exact) mass is 391 g/mol. The minimum atomic E-state index is -1.10. The summed E-state index contributed by atoms with van der Waals surface area (Å²) >= 11 is 0. The number of amides is 3. The average molecular weight is 391 g/mol. The highest BCUT2D eigenvalue weighted by molar-refractivity contribution is 5.84. The first kappa shape index (κ1) is 20.1. The van der Waals surface area contributed by atoms with E-state index in [0.29, 0.717) is 31.5 Å². The Morgan fingerprint density at radius 2 is 1.68 bits per heavy atom. The Morgan fingerprint density at radius 1 is 1.04 bits per heavy atom. The average Bonchev–Trinajstić information content (AvgIpc) is 3.22. The summed E-state index contributed by atoms with van der Waals surface area (Å²) in [6.07, 6.45) is 3.35. The van der Waals surface area contributed by atoms with Gasteiger partial charge in [-0.2, -0.15) is 0 Å². The number of urea groups is 1. The van der Waals surface area contributed by atoms with Crippen molar-refractivity contribution in [3.8, 4) is 0 Å². The van der Waals surface area contributed by atoms with Crippen LogP contribution in [-0.4, -0.2) is 70.4 Å². The summed E-state index contributed by atoms with van der Waals surface area (Å²) in [4.78, 5) is 41.7. The highest BCUT2D eigenvalue weighted by atomic mass is 19.1. The molecule has 2 aliphatic heterocycles. The van der Waals surface area contributed by atoms with Gasteiger partial charge < -0.3 is 19.8 Å². The lowest BCUT2D eigenvalue weighted by molar-refractivity contribution is -0.147. The van der Waals surface area contributed by atoms with Gasteiger partial charge in [-0.15, -0.1) is 0 Å². The fourth-order valence-corrected chi connectivity index (χ4v) is 3.90. The van der Waals surface area contributed by atoms with Crippen LogP contribution in [0.2, 0.25) is 0 Å². The molecule has 0 spiro atoms. The van der Waals surface area contributed by atoms with E-state index in [-0.39, 0.29) is 24.3 Å². The molecule has 28 heavy (non-hydrogen) atoms. The molecular weight excluding hydrogens is 365 g/mol. The minimum Gasteiger partial charge on any atom is -0.480 e. The summed E-state index contributed by atoms with van der Waals surface area (Å²) in [6.45, 7) is 2.12. The SMILES string of the molecule is O=C(O)CN(Cc1ccc(F)cc1)C(=O)C1CCCN(C(=O)N2CCCC2)C1. The van der Waals surface area contributed by atoms with E-state index in [9.17, 15) is 23.9 Å². The van der Waals surface area contributed by atoms with E-state index in [1.807, 2.05) is 4.90 Å². The topological polar surface area (TPSA) is 81.2 Å². The molecule has 1 aromatic carbocycles. The van der Waals surface area contributed by atoms with Crippen molar-refractivity contribution in [3.05, 3.63) is 35.6 Å². The van der Waals surface area contributed by atoms with Crippen molar-refractivity contribution in [3.63, 3.8) is 0 Å². The van der Waals surface area contributed by atoms with Gasteiger partial charge >= 0.3 is 12.0 Å². The fourth-order valence-electron chi connectivity index (χ4n) is 3.90. The van der Waals surface area contributed by atoms with E-state index in [1.165, 1.54) is 17.0 Å². The first-order valence-electron chi connectivity index (χ1n) is 9.73. The number of rotatable bonds is 5. The molecule has 0 aromatic heterocycles. The molecular formula is C20H26FN3O4. The predicted octanol–water partition coefficient (Wildman–Crippen LogP) is 2.17. The molecule has 7 nitrogen and oxygen atoms in total. The summed E-state index contributed by atoms with van der Waals surface area (Å²) < 4.78 is 13.1. The number of aliphatic carboxylic acids is 1. The van der Waals surface area contributed by atoms with Crippen LogP contribution in [0.3, 0.4) is 0 Å². The number of carboxylic acids is 1. The van der Waals surface area contributed by atoms with Crippen molar-refractivity contribution in [1.29, 1.82) is 0 Å². The molecule has 0 saturated carbocycles. The molecule has 1 N–H and O–H groups in total. The third-order valence-corrected chi connectivity index (χ3v) is 5.34. The molecule has 2 saturated heterocycles. The Labute approximate surface area is 163 Å². The number of carboxylic acid groups (broad SMARTS) is 1. The van der Waals surface area contributed by atoms with Gasteiger partial charge in [0.1, 0.15) is 12.4 Å². The summed E-state index contributed by atoms with van der Waals surface area (Å²) in [5, 5.41) is 9.21.